The number of likely N-dealkylation sites (tertiary alicyclic amines) is 1. The van der Waals surface area contributed by atoms with Crippen molar-refractivity contribution in [2.45, 2.75) is 39.2 Å². The zero-order valence-corrected chi connectivity index (χ0v) is 20.9. The van der Waals surface area contributed by atoms with E-state index in [4.69, 9.17) is 4.98 Å². The summed E-state index contributed by atoms with van der Waals surface area (Å²) in [6.07, 6.45) is 4.23. The number of rotatable bonds is 3. The SMILES string of the molecule is CC(C)(C)[C@]1(c2ncc(-c3ccc(-c4cnc5cc(Br)ccc5n4)cc3)[nH]2)CCCN1C(=O)O. The summed E-state index contributed by atoms with van der Waals surface area (Å²) in [6, 6.07) is 13.9. The lowest BCUT2D eigenvalue weighted by Gasteiger charge is -2.45. The van der Waals surface area contributed by atoms with Crippen LogP contribution in [0, 0.1) is 5.41 Å². The first-order valence-electron chi connectivity index (χ1n) is 11.3. The highest BCUT2D eigenvalue weighted by atomic mass is 79.9. The third kappa shape index (κ3) is 3.66. The molecule has 0 spiro atoms. The summed E-state index contributed by atoms with van der Waals surface area (Å²) >= 11 is 3.47. The smallest absolute Gasteiger partial charge is 0.408 e. The van der Waals surface area contributed by atoms with Crippen molar-refractivity contribution in [3.8, 4) is 22.5 Å². The number of aromatic amines is 1. The van der Waals surface area contributed by atoms with Crippen LogP contribution in [0.25, 0.3) is 33.5 Å². The summed E-state index contributed by atoms with van der Waals surface area (Å²) in [6.45, 7) is 6.75. The standard InChI is InChI=1S/C26H26BrN5O2/c1-25(2,3)26(11-4-12-32(26)24(33)34)23-29-15-22(31-23)17-7-5-16(6-8-17)21-14-28-20-13-18(27)9-10-19(20)30-21/h5-10,13-15H,4,11-12H2,1-3H3,(H,29,31)(H,33,34)/t26-/m1/s1. The van der Waals surface area contributed by atoms with Gasteiger partial charge in [-0.25, -0.2) is 14.8 Å². The molecule has 174 valence electrons. The molecule has 1 aliphatic heterocycles. The fourth-order valence-corrected chi connectivity index (χ4v) is 5.43. The van der Waals surface area contributed by atoms with Crippen molar-refractivity contribution in [2.75, 3.05) is 6.54 Å². The molecule has 34 heavy (non-hydrogen) atoms. The molecule has 0 unspecified atom stereocenters. The molecule has 1 amide bonds. The van der Waals surface area contributed by atoms with Gasteiger partial charge in [-0.1, -0.05) is 61.0 Å². The minimum Gasteiger partial charge on any atom is -0.465 e. The van der Waals surface area contributed by atoms with Gasteiger partial charge in [0.1, 0.15) is 11.4 Å². The first-order chi connectivity index (χ1) is 16.2. The number of halogens is 1. The molecule has 0 bridgehead atoms. The fourth-order valence-electron chi connectivity index (χ4n) is 5.08. The highest BCUT2D eigenvalue weighted by Gasteiger charge is 2.55. The van der Waals surface area contributed by atoms with Crippen LogP contribution in [-0.4, -0.2) is 42.6 Å². The van der Waals surface area contributed by atoms with Gasteiger partial charge in [-0.2, -0.15) is 0 Å². The Kier molecular flexibility index (Phi) is 5.43. The summed E-state index contributed by atoms with van der Waals surface area (Å²) in [5, 5.41) is 9.89. The van der Waals surface area contributed by atoms with E-state index in [2.05, 4.69) is 51.7 Å². The van der Waals surface area contributed by atoms with Gasteiger partial charge in [0.05, 0.1) is 34.8 Å². The van der Waals surface area contributed by atoms with Crippen molar-refractivity contribution in [2.24, 2.45) is 5.41 Å². The molecule has 1 atom stereocenters. The van der Waals surface area contributed by atoms with Crippen LogP contribution in [0.5, 0.6) is 0 Å². The van der Waals surface area contributed by atoms with E-state index in [0.717, 1.165) is 50.9 Å². The van der Waals surface area contributed by atoms with Crippen LogP contribution in [0.3, 0.4) is 0 Å². The number of hydrogen-bond donors (Lipinski definition) is 2. The Labute approximate surface area is 206 Å². The Morgan fingerprint density at radius 1 is 1.06 bits per heavy atom. The molecular formula is C26H26BrN5O2. The molecule has 1 aliphatic rings. The maximum Gasteiger partial charge on any atom is 0.408 e. The Balaban J connectivity index is 1.47. The molecule has 0 radical (unpaired) electrons. The van der Waals surface area contributed by atoms with E-state index >= 15 is 0 Å². The van der Waals surface area contributed by atoms with Gasteiger partial charge in [0, 0.05) is 16.6 Å². The second-order valence-corrected chi connectivity index (χ2v) is 10.7. The maximum atomic E-state index is 12.1. The minimum absolute atomic E-state index is 0.314. The van der Waals surface area contributed by atoms with Crippen LogP contribution in [-0.2, 0) is 5.54 Å². The third-order valence-electron chi connectivity index (χ3n) is 6.82. The summed E-state index contributed by atoms with van der Waals surface area (Å²) in [5.74, 6) is 0.700. The van der Waals surface area contributed by atoms with Gasteiger partial charge in [-0.3, -0.25) is 9.88 Å². The van der Waals surface area contributed by atoms with E-state index in [0.29, 0.717) is 12.4 Å². The molecule has 3 heterocycles. The average molecular weight is 520 g/mol. The van der Waals surface area contributed by atoms with Crippen LogP contribution < -0.4 is 0 Å². The first kappa shape index (κ1) is 22.5. The van der Waals surface area contributed by atoms with Crippen molar-refractivity contribution < 1.29 is 9.90 Å². The van der Waals surface area contributed by atoms with Gasteiger partial charge in [0.2, 0.25) is 0 Å². The highest BCUT2D eigenvalue weighted by molar-refractivity contribution is 9.10. The zero-order chi connectivity index (χ0) is 24.1. The summed E-state index contributed by atoms with van der Waals surface area (Å²) < 4.78 is 0.975. The van der Waals surface area contributed by atoms with Gasteiger partial charge < -0.3 is 10.1 Å². The molecule has 2 aromatic carbocycles. The Morgan fingerprint density at radius 3 is 2.50 bits per heavy atom. The van der Waals surface area contributed by atoms with Crippen molar-refractivity contribution in [1.82, 2.24) is 24.8 Å². The number of carboxylic acid groups (broad SMARTS) is 1. The first-order valence-corrected chi connectivity index (χ1v) is 12.1. The molecule has 0 aliphatic carbocycles. The third-order valence-corrected chi connectivity index (χ3v) is 7.31. The number of hydrogen-bond acceptors (Lipinski definition) is 4. The zero-order valence-electron chi connectivity index (χ0n) is 19.3. The van der Waals surface area contributed by atoms with Gasteiger partial charge >= 0.3 is 6.09 Å². The summed E-state index contributed by atoms with van der Waals surface area (Å²) in [5.41, 5.74) is 4.30. The second kappa shape index (κ2) is 8.20. The number of amides is 1. The number of fused-ring (bicyclic) bond motifs is 1. The molecule has 8 heteroatoms. The number of aromatic nitrogens is 4. The number of benzene rings is 2. The Morgan fingerprint density at radius 2 is 1.79 bits per heavy atom. The van der Waals surface area contributed by atoms with Crippen LogP contribution in [0.2, 0.25) is 0 Å². The van der Waals surface area contributed by atoms with Gasteiger partial charge in [-0.05, 0) is 42.0 Å². The van der Waals surface area contributed by atoms with E-state index in [-0.39, 0.29) is 5.41 Å². The Hall–Kier alpha value is -3.26. The molecule has 2 aromatic heterocycles. The van der Waals surface area contributed by atoms with E-state index in [1.54, 1.807) is 17.3 Å². The van der Waals surface area contributed by atoms with Gasteiger partial charge in [0.25, 0.3) is 0 Å². The molecule has 4 aromatic rings. The number of H-pyrrole nitrogens is 1. The lowest BCUT2D eigenvalue weighted by atomic mass is 9.71. The monoisotopic (exact) mass is 519 g/mol. The number of imidazole rings is 1. The van der Waals surface area contributed by atoms with Crippen molar-refractivity contribution in [1.29, 1.82) is 0 Å². The van der Waals surface area contributed by atoms with Crippen LogP contribution in [0.15, 0.2) is 59.3 Å². The maximum absolute atomic E-state index is 12.1. The molecule has 5 rings (SSSR count). The van der Waals surface area contributed by atoms with Gasteiger partial charge in [0.15, 0.2) is 0 Å². The van der Waals surface area contributed by atoms with Crippen LogP contribution >= 0.6 is 15.9 Å². The van der Waals surface area contributed by atoms with Gasteiger partial charge in [-0.15, -0.1) is 0 Å². The van der Waals surface area contributed by atoms with Crippen molar-refractivity contribution in [3.05, 3.63) is 65.2 Å². The van der Waals surface area contributed by atoms with E-state index < -0.39 is 11.6 Å². The van der Waals surface area contributed by atoms with Crippen LogP contribution in [0.1, 0.15) is 39.4 Å². The van der Waals surface area contributed by atoms with Crippen molar-refractivity contribution >= 4 is 33.1 Å². The molecule has 1 saturated heterocycles. The summed E-state index contributed by atoms with van der Waals surface area (Å²) in [7, 11) is 0. The normalized spacial score (nSPS) is 18.5. The largest absolute Gasteiger partial charge is 0.465 e. The number of carbonyl (C=O) groups is 1. The van der Waals surface area contributed by atoms with E-state index in [1.807, 2.05) is 42.5 Å². The van der Waals surface area contributed by atoms with E-state index in [9.17, 15) is 9.90 Å². The number of nitrogens with one attached hydrogen (secondary N) is 1. The van der Waals surface area contributed by atoms with Crippen LogP contribution in [0.4, 0.5) is 4.79 Å². The van der Waals surface area contributed by atoms with Crippen molar-refractivity contribution in [3.63, 3.8) is 0 Å². The predicted octanol–water partition coefficient (Wildman–Crippen LogP) is 6.46. The quantitative estimate of drug-likeness (QED) is 0.323. The minimum atomic E-state index is -0.904. The number of nitrogens with zero attached hydrogens (tertiary/aromatic N) is 4. The lowest BCUT2D eigenvalue weighted by molar-refractivity contribution is 0.0217. The molecule has 0 saturated carbocycles. The average Bonchev–Trinajstić information content (AvgIpc) is 3.47. The predicted molar refractivity (Wildman–Crippen MR) is 135 cm³/mol. The highest BCUT2D eigenvalue weighted by Crippen LogP contribution is 2.50. The lowest BCUT2D eigenvalue weighted by Crippen LogP contribution is -2.53. The topological polar surface area (TPSA) is 95.0 Å². The molecule has 1 fully saturated rings. The second-order valence-electron chi connectivity index (χ2n) is 9.76. The molecule has 7 nitrogen and oxygen atoms in total. The fraction of sp³-hybridized carbons (Fsp3) is 0.308. The Bertz CT molecular complexity index is 1380. The molecular weight excluding hydrogens is 494 g/mol. The molecule has 2 N–H and O–H groups in total. The summed E-state index contributed by atoms with van der Waals surface area (Å²) in [4.78, 5) is 31.0. The van der Waals surface area contributed by atoms with E-state index in [1.165, 1.54) is 0 Å².